The van der Waals surface area contributed by atoms with Gasteiger partial charge < -0.3 is 9.47 Å². The third kappa shape index (κ3) is 3.78. The van der Waals surface area contributed by atoms with Crippen LogP contribution in [0.15, 0.2) is 48.8 Å². The van der Waals surface area contributed by atoms with Gasteiger partial charge in [0.05, 0.1) is 17.6 Å². The number of amides is 3. The molecule has 2 aliphatic heterocycles. The van der Waals surface area contributed by atoms with Gasteiger partial charge >= 0.3 is 6.03 Å². The molecule has 8 nitrogen and oxygen atoms in total. The molecular formula is C25H30N6O2. The van der Waals surface area contributed by atoms with Gasteiger partial charge in [0.2, 0.25) is 0 Å². The summed E-state index contributed by atoms with van der Waals surface area (Å²) in [5.74, 6) is 0.985. The minimum Gasteiger partial charge on any atom is -0.330 e. The van der Waals surface area contributed by atoms with Crippen molar-refractivity contribution >= 4 is 23.0 Å². The molecule has 33 heavy (non-hydrogen) atoms. The van der Waals surface area contributed by atoms with E-state index in [-0.39, 0.29) is 11.9 Å². The maximum absolute atomic E-state index is 13.4. The number of para-hydroxylation sites is 2. The highest BCUT2D eigenvalue weighted by Gasteiger charge is 2.56. The van der Waals surface area contributed by atoms with E-state index in [1.54, 1.807) is 24.3 Å². The number of hydrogen-bond donors (Lipinski definition) is 0. The lowest BCUT2D eigenvalue weighted by atomic mass is 9.86. The van der Waals surface area contributed by atoms with Crippen LogP contribution < -0.4 is 0 Å². The molecule has 0 atom stereocenters. The maximum Gasteiger partial charge on any atom is 0.327 e. The number of benzene rings is 1. The molecule has 0 aliphatic carbocycles. The average molecular weight is 447 g/mol. The molecule has 8 heteroatoms. The van der Waals surface area contributed by atoms with Crippen LogP contribution in [0.4, 0.5) is 4.79 Å². The molecule has 1 aromatic carbocycles. The van der Waals surface area contributed by atoms with Crippen molar-refractivity contribution < 1.29 is 9.59 Å². The zero-order chi connectivity index (χ0) is 23.0. The minimum atomic E-state index is -0.712. The molecule has 5 rings (SSSR count). The number of carbonyl (C=O) groups excluding carboxylic acids is 2. The molecule has 172 valence electrons. The van der Waals surface area contributed by atoms with E-state index < -0.39 is 5.54 Å². The number of likely N-dealkylation sites (tertiary alicyclic amines) is 1. The van der Waals surface area contributed by atoms with Gasteiger partial charge in [-0.2, -0.15) is 0 Å². The molecule has 0 radical (unpaired) electrons. The first-order chi connectivity index (χ1) is 16.0. The number of imidazole rings is 1. The smallest absolute Gasteiger partial charge is 0.327 e. The van der Waals surface area contributed by atoms with Crippen LogP contribution in [0.2, 0.25) is 0 Å². The van der Waals surface area contributed by atoms with Crippen LogP contribution in [-0.4, -0.2) is 73.4 Å². The fourth-order valence-corrected chi connectivity index (χ4v) is 5.20. The SMILES string of the molecule is CN1C(=O)N(CCCc2ccncc2)C(=O)C12CCN(Cc1nc3ccccc3n1C)CC2. The third-order valence-electron chi connectivity index (χ3n) is 7.33. The lowest BCUT2D eigenvalue weighted by Crippen LogP contribution is -2.55. The third-order valence-corrected chi connectivity index (χ3v) is 7.33. The molecule has 0 N–H and O–H groups in total. The molecule has 0 unspecified atom stereocenters. The second-order valence-electron chi connectivity index (χ2n) is 9.14. The van der Waals surface area contributed by atoms with E-state index in [4.69, 9.17) is 4.98 Å². The number of urea groups is 1. The van der Waals surface area contributed by atoms with Crippen LogP contribution in [0.1, 0.15) is 30.7 Å². The number of hydrogen-bond acceptors (Lipinski definition) is 5. The van der Waals surface area contributed by atoms with Gasteiger partial charge in [-0.05, 0) is 55.5 Å². The van der Waals surface area contributed by atoms with Crippen LogP contribution in [0.5, 0.6) is 0 Å². The molecule has 2 saturated heterocycles. The normalized spacial score (nSPS) is 18.7. The van der Waals surface area contributed by atoms with Crippen LogP contribution in [0.25, 0.3) is 11.0 Å². The van der Waals surface area contributed by atoms with Crippen molar-refractivity contribution in [2.75, 3.05) is 26.7 Å². The van der Waals surface area contributed by atoms with E-state index in [0.29, 0.717) is 19.4 Å². The summed E-state index contributed by atoms with van der Waals surface area (Å²) in [6.45, 7) is 2.72. The van der Waals surface area contributed by atoms with Gasteiger partial charge in [0.1, 0.15) is 11.4 Å². The molecule has 0 saturated carbocycles. The van der Waals surface area contributed by atoms with E-state index in [2.05, 4.69) is 20.5 Å². The quantitative estimate of drug-likeness (QED) is 0.545. The largest absolute Gasteiger partial charge is 0.330 e. The van der Waals surface area contributed by atoms with E-state index in [1.807, 2.05) is 37.4 Å². The first-order valence-corrected chi connectivity index (χ1v) is 11.6. The number of aryl methyl sites for hydroxylation is 2. The van der Waals surface area contributed by atoms with Crippen molar-refractivity contribution in [3.8, 4) is 0 Å². The summed E-state index contributed by atoms with van der Waals surface area (Å²) in [4.78, 5) is 40.7. The summed E-state index contributed by atoms with van der Waals surface area (Å²) in [6.07, 6.45) is 6.42. The predicted molar refractivity (Wildman–Crippen MR) is 125 cm³/mol. The van der Waals surface area contributed by atoms with Crippen molar-refractivity contribution in [1.82, 2.24) is 29.2 Å². The zero-order valence-corrected chi connectivity index (χ0v) is 19.3. The molecule has 3 amide bonds. The molecule has 3 aromatic rings. The molecule has 2 aromatic heterocycles. The molecule has 1 spiro atoms. The Labute approximate surface area is 193 Å². The topological polar surface area (TPSA) is 74.6 Å². The standard InChI is InChI=1S/C25H30N6O2/c1-28-21-8-4-3-7-20(21)27-22(28)18-30-16-11-25(12-17-30)23(32)31(24(33)29(25)2)15-5-6-19-9-13-26-14-10-19/h3-4,7-10,13-14H,5-6,11-12,15-18H2,1-2H3. The number of likely N-dealkylation sites (N-methyl/N-ethyl adjacent to an activating group) is 1. The molecule has 2 fully saturated rings. The van der Waals surface area contributed by atoms with Gasteiger partial charge in [-0.25, -0.2) is 9.78 Å². The molecule has 2 aliphatic rings. The van der Waals surface area contributed by atoms with E-state index in [9.17, 15) is 9.59 Å². The van der Waals surface area contributed by atoms with Gasteiger partial charge in [-0.1, -0.05) is 12.1 Å². The Morgan fingerprint density at radius 2 is 1.73 bits per heavy atom. The van der Waals surface area contributed by atoms with Crippen molar-refractivity contribution in [2.45, 2.75) is 37.8 Å². The number of imide groups is 1. The lowest BCUT2D eigenvalue weighted by molar-refractivity contribution is -0.135. The number of fused-ring (bicyclic) bond motifs is 1. The van der Waals surface area contributed by atoms with Crippen LogP contribution in [-0.2, 0) is 24.8 Å². The number of carbonyl (C=O) groups is 2. The molecule has 4 heterocycles. The van der Waals surface area contributed by atoms with Crippen molar-refractivity contribution in [3.05, 3.63) is 60.2 Å². The number of aromatic nitrogens is 3. The highest BCUT2D eigenvalue weighted by atomic mass is 16.2. The zero-order valence-electron chi connectivity index (χ0n) is 19.3. The minimum absolute atomic E-state index is 0.0351. The molecular weight excluding hydrogens is 416 g/mol. The summed E-state index contributed by atoms with van der Waals surface area (Å²) < 4.78 is 2.14. The Hall–Kier alpha value is -3.26. The second kappa shape index (κ2) is 8.59. The summed E-state index contributed by atoms with van der Waals surface area (Å²) in [7, 11) is 3.83. The monoisotopic (exact) mass is 446 g/mol. The number of piperidine rings is 1. The van der Waals surface area contributed by atoms with Crippen molar-refractivity contribution in [3.63, 3.8) is 0 Å². The van der Waals surface area contributed by atoms with Crippen LogP contribution in [0.3, 0.4) is 0 Å². The number of pyridine rings is 1. The fraction of sp³-hybridized carbons (Fsp3) is 0.440. The van der Waals surface area contributed by atoms with Crippen LogP contribution >= 0.6 is 0 Å². The van der Waals surface area contributed by atoms with Crippen molar-refractivity contribution in [2.24, 2.45) is 7.05 Å². The average Bonchev–Trinajstić information content (AvgIpc) is 3.24. The Bertz CT molecular complexity index is 1170. The lowest BCUT2D eigenvalue weighted by Gasteiger charge is -2.40. The first kappa shape index (κ1) is 21.6. The van der Waals surface area contributed by atoms with Crippen LogP contribution in [0, 0.1) is 0 Å². The van der Waals surface area contributed by atoms with Crippen molar-refractivity contribution in [1.29, 1.82) is 0 Å². The summed E-state index contributed by atoms with van der Waals surface area (Å²) >= 11 is 0. The Morgan fingerprint density at radius 3 is 2.45 bits per heavy atom. The van der Waals surface area contributed by atoms with Gasteiger partial charge in [0.25, 0.3) is 5.91 Å². The van der Waals surface area contributed by atoms with Gasteiger partial charge in [-0.15, -0.1) is 0 Å². The maximum atomic E-state index is 13.4. The van der Waals surface area contributed by atoms with Gasteiger partial charge in [0.15, 0.2) is 0 Å². The molecule has 0 bridgehead atoms. The van der Waals surface area contributed by atoms with E-state index >= 15 is 0 Å². The Balaban J connectivity index is 1.22. The highest BCUT2D eigenvalue weighted by Crippen LogP contribution is 2.36. The van der Waals surface area contributed by atoms with E-state index in [1.165, 1.54) is 10.5 Å². The predicted octanol–water partition coefficient (Wildman–Crippen LogP) is 2.83. The van der Waals surface area contributed by atoms with Gasteiger partial charge in [-0.3, -0.25) is 19.6 Å². The van der Waals surface area contributed by atoms with Gasteiger partial charge in [0, 0.05) is 46.1 Å². The first-order valence-electron chi connectivity index (χ1n) is 11.6. The summed E-state index contributed by atoms with van der Waals surface area (Å²) in [6, 6.07) is 11.9. The second-order valence-corrected chi connectivity index (χ2v) is 9.14. The number of rotatable bonds is 6. The highest BCUT2D eigenvalue weighted by molar-refractivity contribution is 6.07. The van der Waals surface area contributed by atoms with E-state index in [0.717, 1.165) is 49.3 Å². The number of nitrogens with zero attached hydrogens (tertiary/aromatic N) is 6. The fourth-order valence-electron chi connectivity index (χ4n) is 5.20. The summed E-state index contributed by atoms with van der Waals surface area (Å²) in [5.41, 5.74) is 2.58. The Morgan fingerprint density at radius 1 is 1.00 bits per heavy atom. The Kier molecular flexibility index (Phi) is 5.62. The summed E-state index contributed by atoms with van der Waals surface area (Å²) in [5, 5.41) is 0.